The van der Waals surface area contributed by atoms with Gasteiger partial charge in [0.1, 0.15) is 6.73 Å². The number of esters is 1. The molecule has 5 rings (SSSR count). The molecule has 0 bridgehead atoms. The number of aromatic nitrogens is 1. The number of hydrogen-bond donors (Lipinski definition) is 2. The van der Waals surface area contributed by atoms with E-state index in [1.165, 1.54) is 7.11 Å². The third-order valence-electron chi connectivity index (χ3n) is 6.80. The Morgan fingerprint density at radius 2 is 1.59 bits per heavy atom. The summed E-state index contributed by atoms with van der Waals surface area (Å²) in [5, 5.41) is 12.3. The van der Waals surface area contributed by atoms with E-state index in [0.29, 0.717) is 27.7 Å². The Morgan fingerprint density at radius 3 is 2.27 bits per heavy atom. The summed E-state index contributed by atoms with van der Waals surface area (Å²) < 4.78 is 4.70. The predicted molar refractivity (Wildman–Crippen MR) is 140 cm³/mol. The number of para-hydroxylation sites is 1. The average molecular weight is 495 g/mol. The highest BCUT2D eigenvalue weighted by atomic mass is 16.5. The standard InChI is InChI=1S/C30H26N2O5/c1-37-28(34)15-22-14-24(22)29(35)21-12-8-19(9-13-21)18-6-10-20(11-7-18)27-16-25(30(36)31-17-33)23-4-2-3-5-26(23)32-27/h2-13,16,22,24,33H,14-15,17H2,1H3,(H,31,36). The number of fused-ring (bicyclic) bond motifs is 1. The highest BCUT2D eigenvalue weighted by Crippen LogP contribution is 2.43. The zero-order chi connectivity index (χ0) is 25.9. The molecule has 2 N–H and O–H groups in total. The molecule has 0 spiro atoms. The third-order valence-corrected chi connectivity index (χ3v) is 6.80. The van der Waals surface area contributed by atoms with Crippen LogP contribution in [-0.4, -0.2) is 41.6 Å². The number of nitrogens with zero attached hydrogens (tertiary/aromatic N) is 1. The van der Waals surface area contributed by atoms with Crippen molar-refractivity contribution in [1.29, 1.82) is 0 Å². The lowest BCUT2D eigenvalue weighted by atomic mass is 9.98. The van der Waals surface area contributed by atoms with Crippen LogP contribution in [0.4, 0.5) is 0 Å². The van der Waals surface area contributed by atoms with Crippen molar-refractivity contribution in [3.63, 3.8) is 0 Å². The Labute approximate surface area is 214 Å². The summed E-state index contributed by atoms with van der Waals surface area (Å²) in [7, 11) is 1.36. The second kappa shape index (κ2) is 10.3. The number of methoxy groups -OCH3 is 1. The molecule has 1 aliphatic carbocycles. The summed E-state index contributed by atoms with van der Waals surface area (Å²) in [4.78, 5) is 41.5. The van der Waals surface area contributed by atoms with E-state index in [2.05, 4.69) is 5.32 Å². The number of aliphatic hydroxyl groups excluding tert-OH is 1. The Balaban J connectivity index is 1.34. The number of hydrogen-bond acceptors (Lipinski definition) is 6. The van der Waals surface area contributed by atoms with Crippen molar-refractivity contribution in [1.82, 2.24) is 10.3 Å². The summed E-state index contributed by atoms with van der Waals surface area (Å²) >= 11 is 0. The molecule has 1 aliphatic rings. The van der Waals surface area contributed by atoms with Gasteiger partial charge in [-0.05, 0) is 35.6 Å². The maximum atomic E-state index is 12.7. The van der Waals surface area contributed by atoms with Crippen molar-refractivity contribution in [3.8, 4) is 22.4 Å². The smallest absolute Gasteiger partial charge is 0.305 e. The van der Waals surface area contributed by atoms with E-state index in [1.807, 2.05) is 72.8 Å². The van der Waals surface area contributed by atoms with Crippen LogP contribution in [0.2, 0.25) is 0 Å². The van der Waals surface area contributed by atoms with E-state index in [0.717, 1.165) is 23.1 Å². The van der Waals surface area contributed by atoms with Crippen LogP contribution in [0.25, 0.3) is 33.3 Å². The maximum absolute atomic E-state index is 12.7. The first kappa shape index (κ1) is 24.3. The summed E-state index contributed by atoms with van der Waals surface area (Å²) in [6, 6.07) is 24.5. The van der Waals surface area contributed by atoms with Crippen LogP contribution in [0.15, 0.2) is 78.9 Å². The van der Waals surface area contributed by atoms with E-state index in [1.54, 1.807) is 6.07 Å². The van der Waals surface area contributed by atoms with Crippen molar-refractivity contribution in [3.05, 3.63) is 90.0 Å². The molecule has 1 fully saturated rings. The number of nitrogens with one attached hydrogen (secondary N) is 1. The number of Topliss-reactive ketones (excluding diaryl/α,β-unsaturated/α-hetero) is 1. The second-order valence-electron chi connectivity index (χ2n) is 9.14. The van der Waals surface area contributed by atoms with Crippen LogP contribution in [0.5, 0.6) is 0 Å². The number of ketones is 1. The molecule has 0 radical (unpaired) electrons. The van der Waals surface area contributed by atoms with E-state index in [9.17, 15) is 14.4 Å². The first-order valence-corrected chi connectivity index (χ1v) is 12.1. The Hall–Kier alpha value is -4.36. The average Bonchev–Trinajstić information content (AvgIpc) is 3.71. The Kier molecular flexibility index (Phi) is 6.79. The van der Waals surface area contributed by atoms with Crippen LogP contribution < -0.4 is 5.32 Å². The normalized spacial score (nSPS) is 16.3. The molecule has 7 nitrogen and oxygen atoms in total. The number of rotatable bonds is 8. The molecule has 37 heavy (non-hydrogen) atoms. The molecule has 2 unspecified atom stereocenters. The van der Waals surface area contributed by atoms with E-state index in [4.69, 9.17) is 14.8 Å². The fraction of sp³-hybridized carbons (Fsp3) is 0.200. The van der Waals surface area contributed by atoms with Crippen molar-refractivity contribution in [2.45, 2.75) is 12.8 Å². The quantitative estimate of drug-likeness (QED) is 0.210. The van der Waals surface area contributed by atoms with Crippen molar-refractivity contribution < 1.29 is 24.2 Å². The van der Waals surface area contributed by atoms with Gasteiger partial charge >= 0.3 is 5.97 Å². The van der Waals surface area contributed by atoms with E-state index < -0.39 is 6.73 Å². The van der Waals surface area contributed by atoms with Crippen molar-refractivity contribution in [2.24, 2.45) is 11.8 Å². The van der Waals surface area contributed by atoms with Gasteiger partial charge in [-0.15, -0.1) is 0 Å². The summed E-state index contributed by atoms with van der Waals surface area (Å²) in [6.45, 7) is -0.446. The highest BCUT2D eigenvalue weighted by molar-refractivity contribution is 6.07. The lowest BCUT2D eigenvalue weighted by Gasteiger charge is -2.10. The second-order valence-corrected chi connectivity index (χ2v) is 9.14. The van der Waals surface area contributed by atoms with Gasteiger partial charge in [0.2, 0.25) is 0 Å². The molecule has 1 amide bonds. The summed E-state index contributed by atoms with van der Waals surface area (Å²) in [5.74, 6) is -0.604. The SMILES string of the molecule is COC(=O)CC1CC1C(=O)c1ccc(-c2ccc(-c3cc(C(=O)NCO)c4ccccc4n3)cc2)cc1. The molecule has 4 aromatic rings. The summed E-state index contributed by atoms with van der Waals surface area (Å²) in [6.07, 6.45) is 1.01. The lowest BCUT2D eigenvalue weighted by Crippen LogP contribution is -2.24. The summed E-state index contributed by atoms with van der Waals surface area (Å²) in [5.41, 5.74) is 5.24. The fourth-order valence-electron chi connectivity index (χ4n) is 4.64. The molecular weight excluding hydrogens is 468 g/mol. The van der Waals surface area contributed by atoms with Gasteiger partial charge < -0.3 is 15.2 Å². The topological polar surface area (TPSA) is 106 Å². The number of carbonyl (C=O) groups excluding carboxylic acids is 3. The van der Waals surface area contributed by atoms with Crippen LogP contribution in [0, 0.1) is 11.8 Å². The molecule has 2 atom stereocenters. The maximum Gasteiger partial charge on any atom is 0.305 e. The molecule has 1 aromatic heterocycles. The number of aliphatic hydroxyl groups is 1. The molecular formula is C30H26N2O5. The van der Waals surface area contributed by atoms with Gasteiger partial charge in [0.15, 0.2) is 5.78 Å². The van der Waals surface area contributed by atoms with Gasteiger partial charge in [0, 0.05) is 28.9 Å². The predicted octanol–water partition coefficient (Wildman–Crippen LogP) is 4.63. The molecule has 1 saturated carbocycles. The third kappa shape index (κ3) is 5.13. The van der Waals surface area contributed by atoms with Crippen LogP contribution in [-0.2, 0) is 9.53 Å². The van der Waals surface area contributed by atoms with Crippen LogP contribution >= 0.6 is 0 Å². The number of ether oxygens (including phenoxy) is 1. The van der Waals surface area contributed by atoms with Gasteiger partial charge in [-0.3, -0.25) is 14.4 Å². The van der Waals surface area contributed by atoms with Crippen molar-refractivity contribution in [2.75, 3.05) is 13.8 Å². The molecule has 0 saturated heterocycles. The zero-order valence-electron chi connectivity index (χ0n) is 20.3. The number of amides is 1. The monoisotopic (exact) mass is 494 g/mol. The molecule has 186 valence electrons. The molecule has 1 heterocycles. The first-order chi connectivity index (χ1) is 18.0. The molecule has 7 heteroatoms. The molecule has 0 aliphatic heterocycles. The van der Waals surface area contributed by atoms with Gasteiger partial charge in [0.05, 0.1) is 23.9 Å². The number of pyridine rings is 1. The minimum absolute atomic E-state index is 0.0687. The number of carbonyl (C=O) groups is 3. The Bertz CT molecular complexity index is 1480. The van der Waals surface area contributed by atoms with Crippen LogP contribution in [0.1, 0.15) is 33.6 Å². The lowest BCUT2D eigenvalue weighted by molar-refractivity contribution is -0.141. The Morgan fingerprint density at radius 1 is 0.946 bits per heavy atom. The zero-order valence-corrected chi connectivity index (χ0v) is 20.3. The van der Waals surface area contributed by atoms with Gasteiger partial charge in [-0.2, -0.15) is 0 Å². The largest absolute Gasteiger partial charge is 0.469 e. The van der Waals surface area contributed by atoms with Crippen LogP contribution in [0.3, 0.4) is 0 Å². The minimum Gasteiger partial charge on any atom is -0.469 e. The van der Waals surface area contributed by atoms with Gasteiger partial charge in [0.25, 0.3) is 5.91 Å². The number of benzene rings is 3. The minimum atomic E-state index is -0.446. The van der Waals surface area contributed by atoms with E-state index in [-0.39, 0.29) is 35.9 Å². The van der Waals surface area contributed by atoms with Crippen molar-refractivity contribution >= 4 is 28.6 Å². The first-order valence-electron chi connectivity index (χ1n) is 12.1. The fourth-order valence-corrected chi connectivity index (χ4v) is 4.64. The van der Waals surface area contributed by atoms with Gasteiger partial charge in [-0.25, -0.2) is 4.98 Å². The molecule has 3 aromatic carbocycles. The highest BCUT2D eigenvalue weighted by Gasteiger charge is 2.44. The van der Waals surface area contributed by atoms with E-state index >= 15 is 0 Å². The van der Waals surface area contributed by atoms with Gasteiger partial charge in [-0.1, -0.05) is 66.7 Å².